The monoisotopic (exact) mass is 379 g/mol. The van der Waals surface area contributed by atoms with Crippen LogP contribution in [0.5, 0.6) is 0 Å². The zero-order valence-electron chi connectivity index (χ0n) is 12.0. The highest BCUT2D eigenvalue weighted by Gasteiger charge is 2.30. The lowest BCUT2D eigenvalue weighted by molar-refractivity contribution is -0.154. The fraction of sp³-hybridized carbons (Fsp3) is 0.267. The van der Waals surface area contributed by atoms with Crippen molar-refractivity contribution in [1.29, 1.82) is 0 Å². The summed E-state index contributed by atoms with van der Waals surface area (Å²) in [6, 6.07) is 9.24. The molecule has 1 fully saturated rings. The van der Waals surface area contributed by atoms with E-state index in [1.807, 2.05) is 24.3 Å². The van der Waals surface area contributed by atoms with E-state index in [2.05, 4.69) is 26.1 Å². The molecular formula is C15H14BrN3O4. The topological polar surface area (TPSA) is 95.5 Å². The van der Waals surface area contributed by atoms with Crippen molar-refractivity contribution in [3.8, 4) is 11.3 Å². The number of amides is 1. The van der Waals surface area contributed by atoms with Crippen LogP contribution in [-0.2, 0) is 9.53 Å². The second-order valence-electron chi connectivity index (χ2n) is 5.12. The second kappa shape index (κ2) is 6.51. The summed E-state index contributed by atoms with van der Waals surface area (Å²) in [5, 5.41) is 15.9. The number of carbonyl (C=O) groups excluding carboxylic acids is 1. The van der Waals surface area contributed by atoms with E-state index in [9.17, 15) is 9.59 Å². The van der Waals surface area contributed by atoms with Crippen LogP contribution in [0.3, 0.4) is 0 Å². The standard InChI is InChI=1S/C15H14BrN3O4/c16-10-3-1-9(2-4-10)11-7-12(18-17-11)14(20)19-5-6-23-13(8-19)15(21)22/h1-4,7,13H,5-6,8H2,(H,17,18)(H,21,22). The number of rotatable bonds is 3. The second-order valence-corrected chi connectivity index (χ2v) is 6.04. The van der Waals surface area contributed by atoms with Crippen LogP contribution in [0.15, 0.2) is 34.8 Å². The SMILES string of the molecule is O=C(O)C1CN(C(=O)c2cc(-c3ccc(Br)cc3)n[nH]2)CCO1. The summed E-state index contributed by atoms with van der Waals surface area (Å²) in [5.41, 5.74) is 1.87. The number of H-pyrrole nitrogens is 1. The number of hydrogen-bond donors (Lipinski definition) is 2. The number of benzene rings is 1. The molecule has 0 saturated carbocycles. The number of nitrogens with one attached hydrogen (secondary N) is 1. The molecule has 2 heterocycles. The summed E-state index contributed by atoms with van der Waals surface area (Å²) in [6.07, 6.45) is -0.985. The van der Waals surface area contributed by atoms with E-state index in [4.69, 9.17) is 9.84 Å². The van der Waals surface area contributed by atoms with Gasteiger partial charge in [-0.1, -0.05) is 28.1 Å². The first kappa shape index (κ1) is 15.7. The Morgan fingerprint density at radius 3 is 2.78 bits per heavy atom. The minimum atomic E-state index is -1.07. The van der Waals surface area contributed by atoms with Crippen molar-refractivity contribution in [3.63, 3.8) is 0 Å². The number of halogens is 1. The van der Waals surface area contributed by atoms with Crippen LogP contribution >= 0.6 is 15.9 Å². The van der Waals surface area contributed by atoms with Crippen LogP contribution in [0.1, 0.15) is 10.5 Å². The van der Waals surface area contributed by atoms with Crippen LogP contribution < -0.4 is 0 Å². The molecule has 0 bridgehead atoms. The highest BCUT2D eigenvalue weighted by molar-refractivity contribution is 9.10. The number of aromatic nitrogens is 2. The Morgan fingerprint density at radius 2 is 2.09 bits per heavy atom. The number of hydrogen-bond acceptors (Lipinski definition) is 4. The molecule has 1 aromatic heterocycles. The fourth-order valence-corrected chi connectivity index (χ4v) is 2.62. The smallest absolute Gasteiger partial charge is 0.334 e. The van der Waals surface area contributed by atoms with Gasteiger partial charge in [-0.25, -0.2) is 4.79 Å². The van der Waals surface area contributed by atoms with E-state index in [0.717, 1.165) is 10.0 Å². The van der Waals surface area contributed by atoms with E-state index >= 15 is 0 Å². The van der Waals surface area contributed by atoms with Gasteiger partial charge in [0, 0.05) is 16.6 Å². The van der Waals surface area contributed by atoms with Crippen LogP contribution in [0.25, 0.3) is 11.3 Å². The summed E-state index contributed by atoms with van der Waals surface area (Å²) in [5.74, 6) is -1.35. The van der Waals surface area contributed by atoms with Crippen LogP contribution in [0.4, 0.5) is 0 Å². The Kier molecular flexibility index (Phi) is 4.44. The van der Waals surface area contributed by atoms with Gasteiger partial charge in [0.1, 0.15) is 5.69 Å². The normalized spacial score (nSPS) is 18.0. The summed E-state index contributed by atoms with van der Waals surface area (Å²) in [4.78, 5) is 24.9. The lowest BCUT2D eigenvalue weighted by atomic mass is 10.1. The molecule has 1 aromatic carbocycles. The molecule has 1 aliphatic rings. The Bertz CT molecular complexity index is 729. The first-order valence-electron chi connectivity index (χ1n) is 6.99. The van der Waals surface area contributed by atoms with Gasteiger partial charge in [0.05, 0.1) is 18.8 Å². The molecule has 2 N–H and O–H groups in total. The van der Waals surface area contributed by atoms with Crippen LogP contribution in [0, 0.1) is 0 Å². The lowest BCUT2D eigenvalue weighted by Gasteiger charge is -2.30. The van der Waals surface area contributed by atoms with Crippen molar-refractivity contribution >= 4 is 27.8 Å². The molecule has 23 heavy (non-hydrogen) atoms. The predicted molar refractivity (Wildman–Crippen MR) is 85.0 cm³/mol. The highest BCUT2D eigenvalue weighted by Crippen LogP contribution is 2.21. The van der Waals surface area contributed by atoms with Crippen molar-refractivity contribution in [3.05, 3.63) is 40.5 Å². The summed E-state index contributed by atoms with van der Waals surface area (Å²) < 4.78 is 6.08. The third-order valence-electron chi connectivity index (χ3n) is 3.58. The molecule has 0 radical (unpaired) electrons. The third kappa shape index (κ3) is 3.43. The minimum Gasteiger partial charge on any atom is -0.479 e. The van der Waals surface area contributed by atoms with Crippen molar-refractivity contribution in [2.24, 2.45) is 0 Å². The number of aromatic amines is 1. The van der Waals surface area contributed by atoms with Gasteiger partial charge in [0.25, 0.3) is 5.91 Å². The molecule has 2 aromatic rings. The maximum absolute atomic E-state index is 12.5. The van der Waals surface area contributed by atoms with Gasteiger partial charge in [0.15, 0.2) is 6.10 Å². The third-order valence-corrected chi connectivity index (χ3v) is 4.11. The number of aliphatic carboxylic acids is 1. The number of morpholine rings is 1. The summed E-state index contributed by atoms with van der Waals surface area (Å²) in [6.45, 7) is 0.590. The molecule has 1 amide bonds. The van der Waals surface area contributed by atoms with Crippen molar-refractivity contribution in [2.75, 3.05) is 19.7 Å². The fourth-order valence-electron chi connectivity index (χ4n) is 2.35. The van der Waals surface area contributed by atoms with E-state index in [1.165, 1.54) is 4.90 Å². The van der Waals surface area contributed by atoms with Gasteiger partial charge in [-0.15, -0.1) is 0 Å². The van der Waals surface area contributed by atoms with Gasteiger partial charge in [0.2, 0.25) is 0 Å². The maximum atomic E-state index is 12.5. The zero-order valence-corrected chi connectivity index (χ0v) is 13.6. The average Bonchev–Trinajstić information content (AvgIpc) is 3.05. The molecule has 8 heteroatoms. The molecule has 3 rings (SSSR count). The molecule has 7 nitrogen and oxygen atoms in total. The van der Waals surface area contributed by atoms with Gasteiger partial charge in [-0.3, -0.25) is 9.89 Å². The number of carboxylic acid groups (broad SMARTS) is 1. The van der Waals surface area contributed by atoms with Crippen LogP contribution in [0.2, 0.25) is 0 Å². The Balaban J connectivity index is 1.75. The van der Waals surface area contributed by atoms with Crippen molar-refractivity contribution in [2.45, 2.75) is 6.10 Å². The molecular weight excluding hydrogens is 366 g/mol. The summed E-state index contributed by atoms with van der Waals surface area (Å²) in [7, 11) is 0. The quantitative estimate of drug-likeness (QED) is 0.846. The van der Waals surface area contributed by atoms with E-state index in [0.29, 0.717) is 17.9 Å². The molecule has 1 atom stereocenters. The molecule has 0 aliphatic carbocycles. The molecule has 1 aliphatic heterocycles. The van der Waals surface area contributed by atoms with Crippen molar-refractivity contribution in [1.82, 2.24) is 15.1 Å². The first-order valence-corrected chi connectivity index (χ1v) is 7.79. The Labute approximate surface area is 140 Å². The minimum absolute atomic E-state index is 0.0286. The lowest BCUT2D eigenvalue weighted by Crippen LogP contribution is -2.48. The largest absolute Gasteiger partial charge is 0.479 e. The van der Waals surface area contributed by atoms with Gasteiger partial charge < -0.3 is 14.7 Å². The zero-order chi connectivity index (χ0) is 16.4. The van der Waals surface area contributed by atoms with E-state index < -0.39 is 12.1 Å². The number of carboxylic acids is 1. The number of carbonyl (C=O) groups is 2. The average molecular weight is 380 g/mol. The summed E-state index contributed by atoms with van der Waals surface area (Å²) >= 11 is 3.37. The van der Waals surface area contributed by atoms with Gasteiger partial charge >= 0.3 is 5.97 Å². The van der Waals surface area contributed by atoms with Crippen LogP contribution in [-0.4, -0.2) is 57.9 Å². The predicted octanol–water partition coefficient (Wildman–Crippen LogP) is 1.76. The van der Waals surface area contributed by atoms with E-state index in [-0.39, 0.29) is 19.1 Å². The molecule has 1 saturated heterocycles. The number of nitrogens with zero attached hydrogens (tertiary/aromatic N) is 2. The maximum Gasteiger partial charge on any atom is 0.334 e. The first-order chi connectivity index (χ1) is 11.0. The van der Waals surface area contributed by atoms with Crippen molar-refractivity contribution < 1.29 is 19.4 Å². The van der Waals surface area contributed by atoms with E-state index in [1.54, 1.807) is 6.07 Å². The molecule has 0 spiro atoms. The molecule has 120 valence electrons. The Hall–Kier alpha value is -2.19. The molecule has 1 unspecified atom stereocenters. The number of ether oxygens (including phenoxy) is 1. The highest BCUT2D eigenvalue weighted by atomic mass is 79.9. The van der Waals surface area contributed by atoms with Gasteiger partial charge in [-0.05, 0) is 18.2 Å². The Morgan fingerprint density at radius 1 is 1.35 bits per heavy atom. The van der Waals surface area contributed by atoms with Gasteiger partial charge in [-0.2, -0.15) is 5.10 Å².